The molecule has 0 aromatic heterocycles. The molecule has 0 bridgehead atoms. The first-order valence-corrected chi connectivity index (χ1v) is 10.9. The second kappa shape index (κ2) is 10.2. The summed E-state index contributed by atoms with van der Waals surface area (Å²) in [5.74, 6) is -2.16. The van der Waals surface area contributed by atoms with Crippen LogP contribution >= 0.6 is 0 Å². The van der Waals surface area contributed by atoms with Crippen LogP contribution in [-0.2, 0) is 26.0 Å². The minimum atomic E-state index is -3.72. The third-order valence-corrected chi connectivity index (χ3v) is 5.80. The van der Waals surface area contributed by atoms with Gasteiger partial charge in [0, 0.05) is 5.69 Å². The van der Waals surface area contributed by atoms with Crippen LogP contribution in [0.25, 0.3) is 0 Å². The van der Waals surface area contributed by atoms with Crippen LogP contribution in [0.4, 0.5) is 5.69 Å². The van der Waals surface area contributed by atoms with Gasteiger partial charge < -0.3 is 10.2 Å². The van der Waals surface area contributed by atoms with Gasteiger partial charge in [-0.15, -0.1) is 0 Å². The molecule has 8 nitrogen and oxygen atoms in total. The highest BCUT2D eigenvalue weighted by Gasteiger charge is 2.26. The Morgan fingerprint density at radius 2 is 1.47 bits per heavy atom. The molecular formula is C21H26N2O6S. The summed E-state index contributed by atoms with van der Waals surface area (Å²) in [5.41, 5.74) is 0.969. The Hall–Kier alpha value is -2.91. The maximum Gasteiger partial charge on any atom is 0.321 e. The highest BCUT2D eigenvalue weighted by Crippen LogP contribution is 2.17. The number of sulfonamides is 1. The monoisotopic (exact) mass is 434 g/mol. The van der Waals surface area contributed by atoms with Crippen molar-refractivity contribution in [3.05, 3.63) is 60.2 Å². The van der Waals surface area contributed by atoms with E-state index in [0.29, 0.717) is 17.7 Å². The second-order valence-electron chi connectivity index (χ2n) is 7.40. The van der Waals surface area contributed by atoms with Crippen LogP contribution in [0.3, 0.4) is 0 Å². The van der Waals surface area contributed by atoms with Crippen molar-refractivity contribution < 1.29 is 28.2 Å². The second-order valence-corrected chi connectivity index (χ2v) is 9.08. The topological polar surface area (TPSA) is 133 Å². The lowest BCUT2D eigenvalue weighted by molar-refractivity contribution is -0.142. The van der Waals surface area contributed by atoms with E-state index in [1.165, 1.54) is 24.3 Å². The zero-order chi connectivity index (χ0) is 22.3. The number of benzene rings is 2. The summed E-state index contributed by atoms with van der Waals surface area (Å²) in [6.45, 7) is 3.73. The highest BCUT2D eigenvalue weighted by molar-refractivity contribution is 7.92. The maximum absolute atomic E-state index is 12.4. The summed E-state index contributed by atoms with van der Waals surface area (Å²) in [4.78, 5) is 23.2. The zero-order valence-corrected chi connectivity index (χ0v) is 17.6. The number of hydrogen-bond donors (Lipinski definition) is 4. The van der Waals surface area contributed by atoms with Crippen LogP contribution in [-0.4, -0.2) is 42.7 Å². The fourth-order valence-electron chi connectivity index (χ4n) is 2.93. The van der Waals surface area contributed by atoms with Crippen molar-refractivity contribution in [2.45, 2.75) is 43.7 Å². The van der Waals surface area contributed by atoms with E-state index in [-0.39, 0.29) is 17.2 Å². The van der Waals surface area contributed by atoms with Crippen molar-refractivity contribution in [3.8, 4) is 0 Å². The molecule has 0 aliphatic rings. The van der Waals surface area contributed by atoms with Crippen molar-refractivity contribution in [2.24, 2.45) is 5.92 Å². The highest BCUT2D eigenvalue weighted by atomic mass is 32.2. The minimum Gasteiger partial charge on any atom is -0.480 e. The number of carboxylic acid groups (broad SMARTS) is 2. The third kappa shape index (κ3) is 6.85. The van der Waals surface area contributed by atoms with Gasteiger partial charge in [0.2, 0.25) is 0 Å². The molecule has 0 saturated carbocycles. The normalized spacial score (nSPS) is 13.6. The van der Waals surface area contributed by atoms with Gasteiger partial charge in [0.15, 0.2) is 0 Å². The molecule has 0 radical (unpaired) electrons. The van der Waals surface area contributed by atoms with Gasteiger partial charge in [-0.1, -0.05) is 44.2 Å². The van der Waals surface area contributed by atoms with E-state index < -0.39 is 34.0 Å². The molecule has 0 aliphatic carbocycles. The van der Waals surface area contributed by atoms with Crippen molar-refractivity contribution in [1.82, 2.24) is 5.32 Å². The van der Waals surface area contributed by atoms with Crippen LogP contribution in [0, 0.1) is 5.92 Å². The lowest BCUT2D eigenvalue weighted by Gasteiger charge is -2.22. The van der Waals surface area contributed by atoms with Gasteiger partial charge in [0.05, 0.1) is 4.90 Å². The van der Waals surface area contributed by atoms with Gasteiger partial charge in [-0.05, 0) is 48.6 Å². The number of carboxylic acids is 2. The van der Waals surface area contributed by atoms with E-state index >= 15 is 0 Å². The van der Waals surface area contributed by atoms with Crippen molar-refractivity contribution in [1.29, 1.82) is 0 Å². The van der Waals surface area contributed by atoms with E-state index in [0.717, 1.165) is 0 Å². The van der Waals surface area contributed by atoms with Crippen LogP contribution in [0.15, 0.2) is 59.5 Å². The molecule has 2 aromatic carbocycles. The van der Waals surface area contributed by atoms with Crippen molar-refractivity contribution in [3.63, 3.8) is 0 Å². The van der Waals surface area contributed by atoms with Crippen LogP contribution in [0.1, 0.15) is 25.8 Å². The molecule has 4 N–H and O–H groups in total. The molecule has 2 aromatic rings. The Kier molecular flexibility index (Phi) is 7.96. The minimum absolute atomic E-state index is 0.0585. The molecule has 0 amide bonds. The van der Waals surface area contributed by atoms with Gasteiger partial charge in [-0.25, -0.2) is 8.42 Å². The van der Waals surface area contributed by atoms with Crippen LogP contribution in [0.5, 0.6) is 0 Å². The lowest BCUT2D eigenvalue weighted by Crippen LogP contribution is -2.48. The SMILES string of the molecule is CC(C)CC(NC(Cc1ccc(NS(=O)(=O)c2ccccc2)cc1)C(=O)O)C(=O)O. The van der Waals surface area contributed by atoms with Crippen LogP contribution in [0.2, 0.25) is 0 Å². The Labute approximate surface area is 176 Å². The standard InChI is InChI=1S/C21H26N2O6S/c1-14(2)12-18(20(24)25)22-19(21(26)27)13-15-8-10-16(11-9-15)23-30(28,29)17-6-4-3-5-7-17/h3-11,14,18-19,22-23H,12-13H2,1-2H3,(H,24,25)(H,26,27). The first-order chi connectivity index (χ1) is 14.1. The summed E-state index contributed by atoms with van der Waals surface area (Å²) in [7, 11) is -3.72. The smallest absolute Gasteiger partial charge is 0.321 e. The Balaban J connectivity index is 2.09. The number of anilines is 1. The molecule has 0 fully saturated rings. The Bertz CT molecular complexity index is 959. The van der Waals surface area contributed by atoms with Crippen LogP contribution < -0.4 is 10.0 Å². The Morgan fingerprint density at radius 3 is 1.97 bits per heavy atom. The first-order valence-electron chi connectivity index (χ1n) is 9.47. The molecule has 0 saturated heterocycles. The lowest BCUT2D eigenvalue weighted by atomic mass is 10.0. The largest absolute Gasteiger partial charge is 0.480 e. The number of nitrogens with one attached hydrogen (secondary N) is 2. The fourth-order valence-corrected chi connectivity index (χ4v) is 4.01. The molecule has 2 rings (SSSR count). The molecule has 30 heavy (non-hydrogen) atoms. The molecule has 0 aliphatic heterocycles. The molecule has 2 atom stereocenters. The molecule has 162 valence electrons. The van der Waals surface area contributed by atoms with Crippen molar-refractivity contribution in [2.75, 3.05) is 4.72 Å². The molecule has 0 spiro atoms. The molecular weight excluding hydrogens is 408 g/mol. The summed E-state index contributed by atoms with van der Waals surface area (Å²) in [6, 6.07) is 12.2. The number of aliphatic carboxylic acids is 2. The quantitative estimate of drug-likeness (QED) is 0.427. The predicted molar refractivity (Wildman–Crippen MR) is 113 cm³/mol. The first kappa shape index (κ1) is 23.4. The van der Waals surface area contributed by atoms with Gasteiger partial charge in [0.25, 0.3) is 10.0 Å². The van der Waals surface area contributed by atoms with E-state index in [1.54, 1.807) is 30.3 Å². The molecule has 0 heterocycles. The van der Waals surface area contributed by atoms with E-state index in [2.05, 4.69) is 10.0 Å². The summed E-state index contributed by atoms with van der Waals surface area (Å²) >= 11 is 0. The van der Waals surface area contributed by atoms with Gasteiger partial charge in [0.1, 0.15) is 12.1 Å². The molecule has 9 heteroatoms. The maximum atomic E-state index is 12.4. The van der Waals surface area contributed by atoms with E-state index in [4.69, 9.17) is 0 Å². The number of rotatable bonds is 11. The summed E-state index contributed by atoms with van der Waals surface area (Å²) in [5, 5.41) is 21.5. The van der Waals surface area contributed by atoms with Gasteiger partial charge in [-0.3, -0.25) is 19.6 Å². The predicted octanol–water partition coefficient (Wildman–Crippen LogP) is 2.57. The van der Waals surface area contributed by atoms with Gasteiger partial charge >= 0.3 is 11.9 Å². The molecule has 2 unspecified atom stereocenters. The summed E-state index contributed by atoms with van der Waals surface area (Å²) in [6.07, 6.45) is 0.363. The zero-order valence-electron chi connectivity index (χ0n) is 16.8. The third-order valence-electron chi connectivity index (χ3n) is 4.41. The fraction of sp³-hybridized carbons (Fsp3) is 0.333. The summed E-state index contributed by atoms with van der Waals surface area (Å²) < 4.78 is 27.2. The average Bonchev–Trinajstić information content (AvgIpc) is 2.68. The van der Waals surface area contributed by atoms with E-state index in [9.17, 15) is 28.2 Å². The Morgan fingerprint density at radius 1 is 0.900 bits per heavy atom. The van der Waals surface area contributed by atoms with E-state index in [1.807, 2.05) is 13.8 Å². The van der Waals surface area contributed by atoms with Crippen molar-refractivity contribution >= 4 is 27.6 Å². The van der Waals surface area contributed by atoms with Gasteiger partial charge in [-0.2, -0.15) is 0 Å². The number of carbonyl (C=O) groups is 2. The average molecular weight is 435 g/mol. The number of hydrogen-bond acceptors (Lipinski definition) is 5.